The van der Waals surface area contributed by atoms with Gasteiger partial charge in [-0.2, -0.15) is 0 Å². The number of hydrogen-bond acceptors (Lipinski definition) is 4. The lowest BCUT2D eigenvalue weighted by Crippen LogP contribution is -2.25. The number of fused-ring (bicyclic) bond motifs is 2. The predicted octanol–water partition coefficient (Wildman–Crippen LogP) is 3.17. The van der Waals surface area contributed by atoms with Gasteiger partial charge < -0.3 is 19.8 Å². The molecule has 0 bridgehead atoms. The second-order valence-corrected chi connectivity index (χ2v) is 5.77. The molecule has 0 aliphatic carbocycles. The average Bonchev–Trinajstić information content (AvgIpc) is 3.19. The molecule has 2 heterocycles. The highest BCUT2D eigenvalue weighted by Gasteiger charge is 2.18. The molecule has 1 aromatic heterocycles. The Hall–Kier alpha value is -2.53. The van der Waals surface area contributed by atoms with Crippen molar-refractivity contribution in [3.05, 3.63) is 42.5 Å². The van der Waals surface area contributed by atoms with Crippen LogP contribution in [0.5, 0.6) is 11.5 Å². The Morgan fingerprint density at radius 3 is 2.87 bits per heavy atom. The molecule has 0 saturated carbocycles. The summed E-state index contributed by atoms with van der Waals surface area (Å²) in [6.07, 6.45) is 0.924. The maximum absolute atomic E-state index is 6.20. The van der Waals surface area contributed by atoms with E-state index in [-0.39, 0.29) is 12.8 Å². The van der Waals surface area contributed by atoms with E-state index in [1.54, 1.807) is 0 Å². The number of benzene rings is 2. The van der Waals surface area contributed by atoms with Gasteiger partial charge in [0.1, 0.15) is 5.82 Å². The summed E-state index contributed by atoms with van der Waals surface area (Å²) in [5.74, 6) is 2.45. The number of rotatable bonds is 4. The highest BCUT2D eigenvalue weighted by molar-refractivity contribution is 5.81. The number of hydrogen-bond donors (Lipinski definition) is 1. The molecular formula is C18H19N3O2. The van der Waals surface area contributed by atoms with Gasteiger partial charge in [-0.3, -0.25) is 0 Å². The van der Waals surface area contributed by atoms with Crippen molar-refractivity contribution in [1.29, 1.82) is 0 Å². The Labute approximate surface area is 134 Å². The summed E-state index contributed by atoms with van der Waals surface area (Å²) in [6.45, 7) is 3.11. The van der Waals surface area contributed by atoms with Crippen molar-refractivity contribution in [3.8, 4) is 22.9 Å². The van der Waals surface area contributed by atoms with Gasteiger partial charge in [-0.05, 0) is 36.8 Å². The fourth-order valence-electron chi connectivity index (χ4n) is 2.88. The molecule has 4 rings (SSSR count). The third-order valence-corrected chi connectivity index (χ3v) is 4.23. The van der Waals surface area contributed by atoms with Crippen LogP contribution in [-0.2, 0) is 6.54 Å². The van der Waals surface area contributed by atoms with Crippen LogP contribution in [0.4, 0.5) is 0 Å². The lowest BCUT2D eigenvalue weighted by Gasteiger charge is -2.14. The highest BCUT2D eigenvalue weighted by Crippen LogP contribution is 2.36. The molecule has 118 valence electrons. The average molecular weight is 309 g/mol. The van der Waals surface area contributed by atoms with Crippen LogP contribution in [0, 0.1) is 0 Å². The third kappa shape index (κ3) is 2.43. The van der Waals surface area contributed by atoms with Crippen LogP contribution >= 0.6 is 0 Å². The van der Waals surface area contributed by atoms with Crippen LogP contribution in [0.2, 0.25) is 0 Å². The molecule has 2 aromatic carbocycles. The monoisotopic (exact) mass is 309 g/mol. The Bertz CT molecular complexity index is 857. The van der Waals surface area contributed by atoms with Gasteiger partial charge in [0, 0.05) is 18.2 Å². The zero-order chi connectivity index (χ0) is 15.8. The first-order chi connectivity index (χ1) is 11.3. The minimum absolute atomic E-state index is 0.0976. The van der Waals surface area contributed by atoms with Gasteiger partial charge in [0.15, 0.2) is 11.5 Å². The number of nitrogens with zero attached hydrogens (tertiary/aromatic N) is 2. The SMILES string of the molecule is CCC(N)Cn1c(-c2ccc3c(c2)OCO3)nc2ccccc21. The van der Waals surface area contributed by atoms with Crippen molar-refractivity contribution < 1.29 is 9.47 Å². The standard InChI is InChI=1S/C18H19N3O2/c1-2-13(19)10-21-15-6-4-3-5-14(15)20-18(21)12-7-8-16-17(9-12)23-11-22-16/h3-9,13H,2,10-11,19H2,1H3. The van der Waals surface area contributed by atoms with E-state index in [0.29, 0.717) is 0 Å². The molecule has 2 N–H and O–H groups in total. The zero-order valence-corrected chi connectivity index (χ0v) is 13.0. The molecule has 3 aromatic rings. The molecule has 1 aliphatic heterocycles. The van der Waals surface area contributed by atoms with Crippen LogP contribution in [0.15, 0.2) is 42.5 Å². The van der Waals surface area contributed by atoms with Gasteiger partial charge in [-0.25, -0.2) is 4.98 Å². The molecule has 0 saturated heterocycles. The summed E-state index contributed by atoms with van der Waals surface area (Å²) in [4.78, 5) is 4.81. The van der Waals surface area contributed by atoms with Gasteiger partial charge in [0.05, 0.1) is 11.0 Å². The first-order valence-electron chi connectivity index (χ1n) is 7.87. The molecule has 0 radical (unpaired) electrons. The van der Waals surface area contributed by atoms with Crippen LogP contribution < -0.4 is 15.2 Å². The summed E-state index contributed by atoms with van der Waals surface area (Å²) in [7, 11) is 0. The van der Waals surface area contributed by atoms with Crippen molar-refractivity contribution >= 4 is 11.0 Å². The van der Waals surface area contributed by atoms with Crippen molar-refractivity contribution in [2.75, 3.05) is 6.79 Å². The molecule has 5 heteroatoms. The number of imidazole rings is 1. The topological polar surface area (TPSA) is 62.3 Å². The Morgan fingerprint density at radius 2 is 2.00 bits per heavy atom. The largest absolute Gasteiger partial charge is 0.454 e. The maximum atomic E-state index is 6.20. The molecule has 0 amide bonds. The van der Waals surface area contributed by atoms with E-state index < -0.39 is 0 Å². The van der Waals surface area contributed by atoms with Crippen LogP contribution in [-0.4, -0.2) is 22.4 Å². The molecule has 5 nitrogen and oxygen atoms in total. The summed E-state index contributed by atoms with van der Waals surface area (Å²) >= 11 is 0. The predicted molar refractivity (Wildman–Crippen MR) is 89.6 cm³/mol. The van der Waals surface area contributed by atoms with E-state index in [1.807, 2.05) is 36.4 Å². The van der Waals surface area contributed by atoms with Crippen molar-refractivity contribution in [2.24, 2.45) is 5.73 Å². The smallest absolute Gasteiger partial charge is 0.231 e. The van der Waals surface area contributed by atoms with E-state index in [2.05, 4.69) is 17.6 Å². The van der Waals surface area contributed by atoms with Crippen LogP contribution in [0.25, 0.3) is 22.4 Å². The second kappa shape index (κ2) is 5.59. The quantitative estimate of drug-likeness (QED) is 0.804. The highest BCUT2D eigenvalue weighted by atomic mass is 16.7. The fraction of sp³-hybridized carbons (Fsp3) is 0.278. The third-order valence-electron chi connectivity index (χ3n) is 4.23. The molecule has 0 spiro atoms. The Kier molecular flexibility index (Phi) is 3.42. The first-order valence-corrected chi connectivity index (χ1v) is 7.87. The normalized spacial score (nSPS) is 14.3. The van der Waals surface area contributed by atoms with Crippen molar-refractivity contribution in [3.63, 3.8) is 0 Å². The Morgan fingerprint density at radius 1 is 1.17 bits per heavy atom. The summed E-state index contributed by atoms with van der Waals surface area (Å²) < 4.78 is 13.1. The van der Waals surface area contributed by atoms with E-state index >= 15 is 0 Å². The summed E-state index contributed by atoms with van der Waals surface area (Å²) in [6, 6.07) is 14.2. The van der Waals surface area contributed by atoms with Crippen molar-refractivity contribution in [1.82, 2.24) is 9.55 Å². The Balaban J connectivity index is 1.86. The minimum Gasteiger partial charge on any atom is -0.454 e. The van der Waals surface area contributed by atoms with Crippen molar-refractivity contribution in [2.45, 2.75) is 25.9 Å². The van der Waals surface area contributed by atoms with Crippen LogP contribution in [0.1, 0.15) is 13.3 Å². The number of ether oxygens (including phenoxy) is 2. The molecule has 1 atom stereocenters. The summed E-state index contributed by atoms with van der Waals surface area (Å²) in [5.41, 5.74) is 9.28. The van der Waals surface area contributed by atoms with Gasteiger partial charge in [-0.15, -0.1) is 0 Å². The van der Waals surface area contributed by atoms with E-state index in [0.717, 1.165) is 46.9 Å². The molecule has 1 aliphatic rings. The zero-order valence-electron chi connectivity index (χ0n) is 13.0. The lowest BCUT2D eigenvalue weighted by molar-refractivity contribution is 0.174. The maximum Gasteiger partial charge on any atom is 0.231 e. The molecule has 23 heavy (non-hydrogen) atoms. The van der Waals surface area contributed by atoms with E-state index in [1.165, 1.54) is 0 Å². The number of aromatic nitrogens is 2. The molecule has 1 unspecified atom stereocenters. The minimum atomic E-state index is 0.0976. The fourth-order valence-corrected chi connectivity index (χ4v) is 2.88. The lowest BCUT2D eigenvalue weighted by atomic mass is 10.1. The second-order valence-electron chi connectivity index (χ2n) is 5.77. The molecular weight excluding hydrogens is 290 g/mol. The molecule has 0 fully saturated rings. The van der Waals surface area contributed by atoms with Crippen LogP contribution in [0.3, 0.4) is 0 Å². The van der Waals surface area contributed by atoms with Gasteiger partial charge in [-0.1, -0.05) is 19.1 Å². The van der Waals surface area contributed by atoms with E-state index in [4.69, 9.17) is 20.2 Å². The number of nitrogens with two attached hydrogens (primary N) is 1. The number of para-hydroxylation sites is 2. The van der Waals surface area contributed by atoms with Gasteiger partial charge >= 0.3 is 0 Å². The van der Waals surface area contributed by atoms with Gasteiger partial charge in [0.25, 0.3) is 0 Å². The van der Waals surface area contributed by atoms with Gasteiger partial charge in [0.2, 0.25) is 6.79 Å². The first kappa shape index (κ1) is 14.1. The summed E-state index contributed by atoms with van der Waals surface area (Å²) in [5, 5.41) is 0. The van der Waals surface area contributed by atoms with E-state index in [9.17, 15) is 0 Å².